The number of rotatable bonds is 6. The van der Waals surface area contributed by atoms with Crippen molar-refractivity contribution in [2.24, 2.45) is 0 Å². The van der Waals surface area contributed by atoms with Crippen molar-refractivity contribution in [1.82, 2.24) is 4.90 Å². The molecule has 2 aromatic rings. The van der Waals surface area contributed by atoms with Crippen molar-refractivity contribution in [3.63, 3.8) is 0 Å². The Kier molecular flexibility index (Phi) is 5.62. The number of hydrogen-bond acceptors (Lipinski definition) is 3. The molecule has 2 aromatic carbocycles. The van der Waals surface area contributed by atoms with Crippen LogP contribution in [0.5, 0.6) is 0 Å². The van der Waals surface area contributed by atoms with E-state index in [1.165, 1.54) is 0 Å². The molecule has 1 aliphatic rings. The summed E-state index contributed by atoms with van der Waals surface area (Å²) in [4.78, 5) is 14.0. The lowest BCUT2D eigenvalue weighted by atomic mass is 10.3. The lowest BCUT2D eigenvalue weighted by molar-refractivity contribution is 0.0379. The molecule has 0 radical (unpaired) electrons. The Hall–Kier alpha value is -1.46. The Balaban J connectivity index is 1.73. The third kappa shape index (κ3) is 4.09. The lowest BCUT2D eigenvalue weighted by Crippen LogP contribution is -2.58. The highest BCUT2D eigenvalue weighted by atomic mass is 28.4. The molecule has 1 saturated heterocycles. The zero-order valence-corrected chi connectivity index (χ0v) is 14.5. The first-order valence-corrected chi connectivity index (χ1v) is 10.6. The fourth-order valence-corrected chi connectivity index (χ4v) is 6.33. The Morgan fingerprint density at radius 2 is 1.39 bits per heavy atom. The molecular weight excluding hydrogens is 302 g/mol. The van der Waals surface area contributed by atoms with Crippen molar-refractivity contribution in [2.75, 3.05) is 32.8 Å². The maximum atomic E-state index is 11.6. The van der Waals surface area contributed by atoms with Crippen LogP contribution in [0.1, 0.15) is 6.42 Å². The summed E-state index contributed by atoms with van der Waals surface area (Å²) in [7, 11) is -2.64. The monoisotopic (exact) mass is 327 g/mol. The predicted octanol–water partition coefficient (Wildman–Crippen LogP) is 1.46. The number of ether oxygens (including phenoxy) is 1. The van der Waals surface area contributed by atoms with Crippen LogP contribution in [0.3, 0.4) is 0 Å². The average Bonchev–Trinajstić information content (AvgIpc) is 2.64. The van der Waals surface area contributed by atoms with Gasteiger partial charge >= 0.3 is 0 Å². The highest BCUT2D eigenvalue weighted by Crippen LogP contribution is 2.12. The predicted molar refractivity (Wildman–Crippen MR) is 96.8 cm³/mol. The molecular formula is C19H25NO2Si. The zero-order valence-electron chi connectivity index (χ0n) is 13.5. The van der Waals surface area contributed by atoms with E-state index in [2.05, 4.69) is 29.2 Å². The van der Waals surface area contributed by atoms with E-state index in [4.69, 9.17) is 4.74 Å². The van der Waals surface area contributed by atoms with Crippen LogP contribution in [-0.2, 0) is 4.74 Å². The first-order valence-electron chi connectivity index (χ1n) is 8.42. The molecule has 0 spiro atoms. The number of nitrogens with zero attached hydrogens (tertiary/aromatic N) is 1. The van der Waals surface area contributed by atoms with Crippen LogP contribution in [0, 0.1) is 0 Å². The van der Waals surface area contributed by atoms with E-state index in [9.17, 15) is 4.80 Å². The smallest absolute Gasteiger partial charge is 0.252 e. The molecule has 4 heteroatoms. The van der Waals surface area contributed by atoms with Crippen LogP contribution in [0.4, 0.5) is 0 Å². The SMILES string of the molecule is O[Si](CCCN1CCOCC1)(c1ccccc1)c1ccccc1. The van der Waals surface area contributed by atoms with Crippen LogP contribution in [-0.4, -0.2) is 50.9 Å². The lowest BCUT2D eigenvalue weighted by Gasteiger charge is -2.30. The molecule has 0 aromatic heterocycles. The van der Waals surface area contributed by atoms with E-state index < -0.39 is 8.32 Å². The summed E-state index contributed by atoms with van der Waals surface area (Å²) >= 11 is 0. The molecule has 0 atom stereocenters. The fourth-order valence-electron chi connectivity index (χ4n) is 3.27. The summed E-state index contributed by atoms with van der Waals surface area (Å²) in [6, 6.07) is 21.3. The van der Waals surface area contributed by atoms with Gasteiger partial charge in [-0.1, -0.05) is 60.7 Å². The van der Waals surface area contributed by atoms with Gasteiger partial charge in [-0.15, -0.1) is 0 Å². The normalized spacial score (nSPS) is 16.4. The molecule has 3 rings (SSSR count). The van der Waals surface area contributed by atoms with Crippen molar-refractivity contribution >= 4 is 18.7 Å². The second kappa shape index (κ2) is 7.88. The fraction of sp³-hybridized carbons (Fsp3) is 0.368. The van der Waals surface area contributed by atoms with Gasteiger partial charge in [-0.3, -0.25) is 4.90 Å². The molecule has 0 bridgehead atoms. The van der Waals surface area contributed by atoms with Crippen LogP contribution in [0.15, 0.2) is 60.7 Å². The number of morpholine rings is 1. The summed E-state index contributed by atoms with van der Waals surface area (Å²) in [6.07, 6.45) is 1.02. The molecule has 1 N–H and O–H groups in total. The quantitative estimate of drug-likeness (QED) is 0.816. The topological polar surface area (TPSA) is 32.7 Å². The Bertz CT molecular complexity index is 545. The molecule has 122 valence electrons. The molecule has 1 aliphatic heterocycles. The van der Waals surface area contributed by atoms with E-state index in [0.717, 1.165) is 55.7 Å². The summed E-state index contributed by atoms with van der Waals surface area (Å²) in [5.74, 6) is 0. The minimum Gasteiger partial charge on any atom is -0.424 e. The van der Waals surface area contributed by atoms with Crippen molar-refractivity contribution in [1.29, 1.82) is 0 Å². The Morgan fingerprint density at radius 3 is 1.91 bits per heavy atom. The molecule has 23 heavy (non-hydrogen) atoms. The molecule has 1 heterocycles. The summed E-state index contributed by atoms with van der Waals surface area (Å²) < 4.78 is 5.40. The highest BCUT2D eigenvalue weighted by molar-refractivity contribution is 6.96. The Labute approximate surface area is 139 Å². The van der Waals surface area contributed by atoms with E-state index in [1.807, 2.05) is 36.4 Å². The highest BCUT2D eigenvalue weighted by Gasteiger charge is 2.35. The van der Waals surface area contributed by atoms with E-state index in [0.29, 0.717) is 0 Å². The van der Waals surface area contributed by atoms with Crippen molar-refractivity contribution in [3.05, 3.63) is 60.7 Å². The second-order valence-electron chi connectivity index (χ2n) is 6.15. The van der Waals surface area contributed by atoms with Crippen LogP contribution < -0.4 is 10.4 Å². The first-order chi connectivity index (χ1) is 11.3. The maximum Gasteiger partial charge on any atom is 0.252 e. The van der Waals surface area contributed by atoms with Gasteiger partial charge < -0.3 is 9.53 Å². The molecule has 3 nitrogen and oxygen atoms in total. The van der Waals surface area contributed by atoms with Crippen LogP contribution >= 0.6 is 0 Å². The summed E-state index contributed by atoms with van der Waals surface area (Å²) in [6.45, 7) is 4.73. The van der Waals surface area contributed by atoms with Crippen LogP contribution in [0.2, 0.25) is 6.04 Å². The molecule has 1 fully saturated rings. The minimum absolute atomic E-state index is 0.832. The van der Waals surface area contributed by atoms with Gasteiger partial charge in [0.25, 0.3) is 8.32 Å². The van der Waals surface area contributed by atoms with Gasteiger partial charge in [0.2, 0.25) is 0 Å². The molecule has 0 unspecified atom stereocenters. The number of benzene rings is 2. The average molecular weight is 328 g/mol. The van der Waals surface area contributed by atoms with Gasteiger partial charge in [-0.2, -0.15) is 0 Å². The van der Waals surface area contributed by atoms with E-state index in [1.54, 1.807) is 0 Å². The zero-order chi connectivity index (χ0) is 16.0. The largest absolute Gasteiger partial charge is 0.424 e. The maximum absolute atomic E-state index is 11.6. The summed E-state index contributed by atoms with van der Waals surface area (Å²) in [5, 5.41) is 2.21. The van der Waals surface area contributed by atoms with Gasteiger partial charge in [0.05, 0.1) is 13.2 Å². The van der Waals surface area contributed by atoms with Crippen molar-refractivity contribution in [3.8, 4) is 0 Å². The summed E-state index contributed by atoms with van der Waals surface area (Å²) in [5.41, 5.74) is 0. The van der Waals surface area contributed by atoms with Gasteiger partial charge in [0, 0.05) is 13.1 Å². The number of hydrogen-bond donors (Lipinski definition) is 1. The van der Waals surface area contributed by atoms with Gasteiger partial charge in [0.15, 0.2) is 0 Å². The molecule has 0 aliphatic carbocycles. The minimum atomic E-state index is -2.64. The van der Waals surface area contributed by atoms with E-state index in [-0.39, 0.29) is 0 Å². The third-order valence-electron chi connectivity index (χ3n) is 4.62. The molecule has 0 amide bonds. The first kappa shape index (κ1) is 16.4. The van der Waals surface area contributed by atoms with Crippen molar-refractivity contribution < 1.29 is 9.53 Å². The standard InChI is InChI=1S/C19H25NO2Si/c21-23(18-8-3-1-4-9-18,19-10-5-2-6-11-19)17-7-12-20-13-15-22-16-14-20/h1-6,8-11,21H,7,12-17H2. The van der Waals surface area contributed by atoms with Gasteiger partial charge in [0.1, 0.15) is 0 Å². The Morgan fingerprint density at radius 1 is 0.870 bits per heavy atom. The molecule has 0 saturated carbocycles. The second-order valence-corrected chi connectivity index (χ2v) is 9.53. The van der Waals surface area contributed by atoms with Crippen molar-refractivity contribution in [2.45, 2.75) is 12.5 Å². The van der Waals surface area contributed by atoms with Gasteiger partial charge in [-0.25, -0.2) is 0 Å². The van der Waals surface area contributed by atoms with E-state index >= 15 is 0 Å². The van der Waals surface area contributed by atoms with Gasteiger partial charge in [-0.05, 0) is 29.4 Å². The third-order valence-corrected chi connectivity index (χ3v) is 8.27. The van der Waals surface area contributed by atoms with Crippen LogP contribution in [0.25, 0.3) is 0 Å².